The van der Waals surface area contributed by atoms with Crippen molar-refractivity contribution in [3.63, 3.8) is 0 Å². The molecular formula is C19H26N2O3S. The van der Waals surface area contributed by atoms with Crippen LogP contribution in [-0.4, -0.2) is 49.2 Å². The maximum absolute atomic E-state index is 13.3. The summed E-state index contributed by atoms with van der Waals surface area (Å²) in [5.41, 5.74) is 0.782. The van der Waals surface area contributed by atoms with Gasteiger partial charge in [-0.3, -0.25) is 4.79 Å². The molecule has 1 aromatic carbocycles. The Balaban J connectivity index is 1.60. The fraction of sp³-hybridized carbons (Fsp3) is 0.632. The van der Waals surface area contributed by atoms with Gasteiger partial charge in [-0.15, -0.1) is 0 Å². The molecule has 0 spiro atoms. The number of carbonyl (C=O) groups is 1. The molecule has 3 aliphatic heterocycles. The van der Waals surface area contributed by atoms with Gasteiger partial charge >= 0.3 is 0 Å². The Bertz CT molecular complexity index is 773. The predicted octanol–water partition coefficient (Wildman–Crippen LogP) is 2.41. The van der Waals surface area contributed by atoms with E-state index in [1.54, 1.807) is 16.4 Å². The molecule has 2 bridgehead atoms. The zero-order chi connectivity index (χ0) is 17.6. The van der Waals surface area contributed by atoms with Gasteiger partial charge in [0.05, 0.1) is 4.90 Å². The minimum atomic E-state index is -3.51. The lowest BCUT2D eigenvalue weighted by molar-refractivity contribution is -0.138. The smallest absolute Gasteiger partial charge is 0.243 e. The Morgan fingerprint density at radius 1 is 1.04 bits per heavy atom. The second kappa shape index (κ2) is 6.40. The third kappa shape index (κ3) is 2.99. The Labute approximate surface area is 150 Å². The van der Waals surface area contributed by atoms with Crippen LogP contribution in [0.1, 0.15) is 37.7 Å². The number of fused-ring (bicyclic) bond motifs is 4. The van der Waals surface area contributed by atoms with Gasteiger partial charge < -0.3 is 4.90 Å². The van der Waals surface area contributed by atoms with Crippen LogP contribution < -0.4 is 0 Å². The third-order valence-electron chi connectivity index (χ3n) is 6.11. The number of hydrogen-bond acceptors (Lipinski definition) is 3. The lowest BCUT2D eigenvalue weighted by Crippen LogP contribution is -2.48. The van der Waals surface area contributed by atoms with Crippen LogP contribution in [0.3, 0.4) is 0 Å². The summed E-state index contributed by atoms with van der Waals surface area (Å²) >= 11 is 0. The summed E-state index contributed by atoms with van der Waals surface area (Å²) in [6.07, 6.45) is 5.00. The Morgan fingerprint density at radius 3 is 2.48 bits per heavy atom. The van der Waals surface area contributed by atoms with E-state index in [9.17, 15) is 13.2 Å². The van der Waals surface area contributed by atoms with Crippen LogP contribution in [0.4, 0.5) is 0 Å². The summed E-state index contributed by atoms with van der Waals surface area (Å²) in [5.74, 6) is 0.679. The molecule has 25 heavy (non-hydrogen) atoms. The predicted molar refractivity (Wildman–Crippen MR) is 95.5 cm³/mol. The molecule has 4 aliphatic rings. The van der Waals surface area contributed by atoms with Gasteiger partial charge in [0.15, 0.2) is 0 Å². The highest BCUT2D eigenvalue weighted by Gasteiger charge is 2.43. The number of nitrogens with zero attached hydrogens (tertiary/aromatic N) is 2. The van der Waals surface area contributed by atoms with Crippen LogP contribution in [0.2, 0.25) is 0 Å². The molecule has 1 aromatic rings. The monoisotopic (exact) mass is 362 g/mol. The molecule has 1 amide bonds. The van der Waals surface area contributed by atoms with Gasteiger partial charge in [0.1, 0.15) is 0 Å². The van der Waals surface area contributed by atoms with Crippen molar-refractivity contribution in [3.8, 4) is 0 Å². The van der Waals surface area contributed by atoms with Gasteiger partial charge in [-0.05, 0) is 50.2 Å². The summed E-state index contributed by atoms with van der Waals surface area (Å²) in [4.78, 5) is 15.1. The van der Waals surface area contributed by atoms with Crippen molar-refractivity contribution in [2.75, 3.05) is 19.6 Å². The minimum absolute atomic E-state index is 0.0904. The van der Waals surface area contributed by atoms with Crippen molar-refractivity contribution in [2.24, 2.45) is 11.8 Å². The van der Waals surface area contributed by atoms with Gasteiger partial charge in [-0.1, -0.05) is 24.6 Å². The maximum Gasteiger partial charge on any atom is 0.243 e. The number of rotatable bonds is 3. The lowest BCUT2D eigenvalue weighted by atomic mass is 9.84. The van der Waals surface area contributed by atoms with E-state index in [1.165, 1.54) is 0 Å². The molecule has 3 heterocycles. The summed E-state index contributed by atoms with van der Waals surface area (Å²) in [7, 11) is -3.51. The number of carbonyl (C=O) groups excluding carboxylic acids is 1. The van der Waals surface area contributed by atoms with E-state index < -0.39 is 10.0 Å². The number of amides is 1. The molecule has 0 radical (unpaired) electrons. The highest BCUT2D eigenvalue weighted by atomic mass is 32.2. The molecular weight excluding hydrogens is 336 g/mol. The summed E-state index contributed by atoms with van der Waals surface area (Å²) in [6, 6.07) is 7.09. The molecule has 4 fully saturated rings. The number of sulfonamides is 1. The Morgan fingerprint density at radius 2 is 1.80 bits per heavy atom. The third-order valence-corrected chi connectivity index (χ3v) is 8.19. The molecule has 1 saturated carbocycles. The SMILES string of the molecule is Cc1ccccc1S(=O)(=O)N1C[C@H]2CC[C@@H]1CN(C(=O)C1CCC1)C2. The summed E-state index contributed by atoms with van der Waals surface area (Å²) < 4.78 is 28.2. The fourth-order valence-corrected chi connectivity index (χ4v) is 6.35. The van der Waals surface area contributed by atoms with Gasteiger partial charge in [-0.2, -0.15) is 4.31 Å². The zero-order valence-corrected chi connectivity index (χ0v) is 15.5. The van der Waals surface area contributed by atoms with Crippen molar-refractivity contribution < 1.29 is 13.2 Å². The Hall–Kier alpha value is -1.40. The number of benzene rings is 1. The average molecular weight is 362 g/mol. The quantitative estimate of drug-likeness (QED) is 0.830. The van der Waals surface area contributed by atoms with E-state index >= 15 is 0 Å². The topological polar surface area (TPSA) is 57.7 Å². The van der Waals surface area contributed by atoms with Gasteiger partial charge in [0.2, 0.25) is 15.9 Å². The van der Waals surface area contributed by atoms with E-state index in [2.05, 4.69) is 0 Å². The first kappa shape index (κ1) is 17.0. The fourth-order valence-electron chi connectivity index (χ4n) is 4.40. The van der Waals surface area contributed by atoms with E-state index in [0.717, 1.165) is 37.7 Å². The van der Waals surface area contributed by atoms with Crippen molar-refractivity contribution in [1.82, 2.24) is 9.21 Å². The molecule has 0 aromatic heterocycles. The largest absolute Gasteiger partial charge is 0.341 e. The van der Waals surface area contributed by atoms with Crippen LogP contribution in [-0.2, 0) is 14.8 Å². The van der Waals surface area contributed by atoms with Gasteiger partial charge in [-0.25, -0.2) is 8.42 Å². The molecule has 3 saturated heterocycles. The van der Waals surface area contributed by atoms with Crippen LogP contribution in [0, 0.1) is 18.8 Å². The van der Waals surface area contributed by atoms with Crippen molar-refractivity contribution in [1.29, 1.82) is 0 Å². The number of aryl methyl sites for hydroxylation is 1. The van der Waals surface area contributed by atoms with Gasteiger partial charge in [0.25, 0.3) is 0 Å². The first-order valence-corrected chi connectivity index (χ1v) is 10.8. The van der Waals surface area contributed by atoms with E-state index in [-0.39, 0.29) is 23.8 Å². The highest BCUT2D eigenvalue weighted by Crippen LogP contribution is 2.35. The summed E-state index contributed by atoms with van der Waals surface area (Å²) in [6.45, 7) is 3.65. The highest BCUT2D eigenvalue weighted by molar-refractivity contribution is 7.89. The number of hydrogen-bond donors (Lipinski definition) is 0. The minimum Gasteiger partial charge on any atom is -0.341 e. The maximum atomic E-state index is 13.3. The van der Waals surface area contributed by atoms with Crippen LogP contribution in [0.15, 0.2) is 29.2 Å². The van der Waals surface area contributed by atoms with Crippen molar-refractivity contribution in [2.45, 2.75) is 50.0 Å². The zero-order valence-electron chi connectivity index (χ0n) is 14.7. The number of piperidine rings is 1. The van der Waals surface area contributed by atoms with Crippen molar-refractivity contribution in [3.05, 3.63) is 29.8 Å². The van der Waals surface area contributed by atoms with Crippen LogP contribution >= 0.6 is 0 Å². The molecule has 0 unspecified atom stereocenters. The molecule has 5 rings (SSSR count). The Kier molecular flexibility index (Phi) is 4.36. The molecule has 2 atom stereocenters. The first-order valence-electron chi connectivity index (χ1n) is 9.33. The normalized spacial score (nSPS) is 27.8. The van der Waals surface area contributed by atoms with E-state index in [1.807, 2.05) is 24.0 Å². The summed E-state index contributed by atoms with van der Waals surface area (Å²) in [5, 5.41) is 0. The van der Waals surface area contributed by atoms with E-state index in [4.69, 9.17) is 0 Å². The molecule has 1 aliphatic carbocycles. The molecule has 5 nitrogen and oxygen atoms in total. The van der Waals surface area contributed by atoms with E-state index in [0.29, 0.717) is 24.5 Å². The average Bonchev–Trinajstić information content (AvgIpc) is 2.85. The van der Waals surface area contributed by atoms with Crippen LogP contribution in [0.5, 0.6) is 0 Å². The second-order valence-electron chi connectivity index (χ2n) is 7.81. The standard InChI is InChI=1S/C19H26N2O3S/c1-14-5-2-3-8-18(14)25(23,24)21-12-15-9-10-17(21)13-20(11-15)19(22)16-6-4-7-16/h2-3,5,8,15-17H,4,6-7,9-13H2,1H3/t15-,17+/m0/s1. The lowest BCUT2D eigenvalue weighted by Gasteiger charge is -2.35. The molecule has 0 N–H and O–H groups in total. The molecule has 6 heteroatoms. The van der Waals surface area contributed by atoms with Gasteiger partial charge in [0, 0.05) is 31.6 Å². The second-order valence-corrected chi connectivity index (χ2v) is 9.67. The first-order chi connectivity index (χ1) is 12.0. The van der Waals surface area contributed by atoms with Crippen LogP contribution in [0.25, 0.3) is 0 Å². The molecule has 136 valence electrons. The van der Waals surface area contributed by atoms with Crippen molar-refractivity contribution >= 4 is 15.9 Å².